The van der Waals surface area contributed by atoms with Gasteiger partial charge in [-0.1, -0.05) is 91.0 Å². The largest absolute Gasteiger partial charge is 0.353 e. The molecule has 160 valence electrons. The van der Waals surface area contributed by atoms with E-state index in [1.54, 1.807) is 0 Å². The third-order valence-corrected chi connectivity index (χ3v) is 6.30. The van der Waals surface area contributed by atoms with Crippen LogP contribution in [0.4, 0.5) is 0 Å². The summed E-state index contributed by atoms with van der Waals surface area (Å²) < 4.78 is 7.29. The Labute approximate surface area is 192 Å². The van der Waals surface area contributed by atoms with E-state index in [1.165, 1.54) is 5.56 Å². The Morgan fingerprint density at radius 1 is 0.562 bits per heavy atom. The van der Waals surface area contributed by atoms with Gasteiger partial charge in [0.2, 0.25) is 0 Å². The van der Waals surface area contributed by atoms with Gasteiger partial charge in [-0.05, 0) is 55.7 Å². The first kappa shape index (κ1) is 21.9. The highest BCUT2D eigenvalue weighted by atomic mass is 16.5. The Morgan fingerprint density at radius 3 is 1.28 bits per heavy atom. The molecule has 0 amide bonds. The van der Waals surface area contributed by atoms with Gasteiger partial charge < -0.3 is 4.74 Å². The zero-order valence-electron chi connectivity index (χ0n) is 19.1. The fourth-order valence-electron chi connectivity index (χ4n) is 4.24. The van der Waals surface area contributed by atoms with Gasteiger partial charge in [-0.25, -0.2) is 0 Å². The van der Waals surface area contributed by atoms with Crippen LogP contribution in [0.25, 0.3) is 0 Å². The fourth-order valence-corrected chi connectivity index (χ4v) is 4.24. The molecular formula is C31H31O+. The lowest BCUT2D eigenvalue weighted by Crippen LogP contribution is -2.45. The van der Waals surface area contributed by atoms with Crippen LogP contribution in [0.15, 0.2) is 121 Å². The minimum absolute atomic E-state index is 0.181. The van der Waals surface area contributed by atoms with Crippen LogP contribution in [0.5, 0.6) is 0 Å². The molecule has 0 N–H and O–H groups in total. The minimum Gasteiger partial charge on any atom is -0.353 e. The van der Waals surface area contributed by atoms with E-state index in [0.717, 1.165) is 16.7 Å². The van der Waals surface area contributed by atoms with Crippen molar-refractivity contribution in [3.8, 4) is 0 Å². The van der Waals surface area contributed by atoms with Crippen molar-refractivity contribution in [1.82, 2.24) is 0 Å². The molecule has 0 bridgehead atoms. The van der Waals surface area contributed by atoms with E-state index in [-0.39, 0.29) is 5.92 Å². The van der Waals surface area contributed by atoms with E-state index in [4.69, 9.17) is 4.74 Å². The maximum atomic E-state index is 7.29. The van der Waals surface area contributed by atoms with Gasteiger partial charge in [-0.3, -0.25) is 0 Å². The van der Waals surface area contributed by atoms with Crippen LogP contribution in [0.3, 0.4) is 0 Å². The van der Waals surface area contributed by atoms with Crippen LogP contribution in [0.1, 0.15) is 43.0 Å². The van der Waals surface area contributed by atoms with Gasteiger partial charge in [-0.15, -0.1) is 0 Å². The topological polar surface area (TPSA) is 9.23 Å². The van der Waals surface area contributed by atoms with E-state index >= 15 is 0 Å². The Kier molecular flexibility index (Phi) is 6.48. The first-order chi connectivity index (χ1) is 15.5. The molecule has 4 aromatic rings. The first-order valence-electron chi connectivity index (χ1n) is 11.3. The summed E-state index contributed by atoms with van der Waals surface area (Å²) in [6.45, 7) is 6.63. The summed E-state index contributed by atoms with van der Waals surface area (Å²) >= 11 is 0. The lowest BCUT2D eigenvalue weighted by atomic mass is 9.78. The van der Waals surface area contributed by atoms with E-state index in [0.29, 0.717) is 0 Å². The van der Waals surface area contributed by atoms with Crippen molar-refractivity contribution in [3.05, 3.63) is 150 Å². The zero-order valence-corrected chi connectivity index (χ0v) is 19.1. The lowest BCUT2D eigenvalue weighted by Gasteiger charge is -2.44. The Bertz CT molecular complexity index is 990. The average molecular weight is 420 g/mol. The third-order valence-electron chi connectivity index (χ3n) is 6.30. The molecule has 32 heavy (non-hydrogen) atoms. The number of benzene rings is 4. The molecule has 0 aromatic heterocycles. The molecule has 0 saturated heterocycles. The minimum atomic E-state index is -0.730. The van der Waals surface area contributed by atoms with Crippen molar-refractivity contribution < 1.29 is 4.74 Å². The van der Waals surface area contributed by atoms with Gasteiger partial charge in [-0.2, -0.15) is 0 Å². The predicted molar refractivity (Wildman–Crippen MR) is 133 cm³/mol. The molecule has 0 aliphatic rings. The molecule has 0 aliphatic heterocycles. The van der Waals surface area contributed by atoms with Crippen molar-refractivity contribution in [3.63, 3.8) is 0 Å². The standard InChI is InChI=1S/C31H31O/c1-25(24-26-16-8-4-9-17-26)30(2,3)32-31(27-18-10-5-11-19-27,28-20-12-6-13-21-28)29-22-14-7-15-23-29/h4-25H,1-3H3/q+1. The molecule has 0 spiro atoms. The van der Waals surface area contributed by atoms with Crippen molar-refractivity contribution in [1.29, 1.82) is 0 Å². The third kappa shape index (κ3) is 4.49. The fraction of sp³-hybridized carbons (Fsp3) is 0.194. The predicted octanol–water partition coefficient (Wildman–Crippen LogP) is 7.66. The number of hydrogen-bond donors (Lipinski definition) is 0. The Hall–Kier alpha value is -3.29. The van der Waals surface area contributed by atoms with Gasteiger partial charge in [0.15, 0.2) is 0 Å². The highest BCUT2D eigenvalue weighted by molar-refractivity contribution is 5.47. The van der Waals surface area contributed by atoms with Gasteiger partial charge in [0.1, 0.15) is 11.2 Å². The summed E-state index contributed by atoms with van der Waals surface area (Å²) in [6, 6.07) is 42.2. The van der Waals surface area contributed by atoms with E-state index in [9.17, 15) is 0 Å². The summed E-state index contributed by atoms with van der Waals surface area (Å²) in [5.74, 6) is 0.181. The number of hydrogen-bond acceptors (Lipinski definition) is 1. The van der Waals surface area contributed by atoms with Crippen LogP contribution in [0.2, 0.25) is 0 Å². The summed E-state index contributed by atoms with van der Waals surface area (Å²) in [5, 5.41) is 0. The first-order valence-corrected chi connectivity index (χ1v) is 11.3. The maximum absolute atomic E-state index is 7.29. The van der Waals surface area contributed by atoms with Gasteiger partial charge in [0, 0.05) is 24.5 Å². The van der Waals surface area contributed by atoms with Crippen molar-refractivity contribution in [2.45, 2.75) is 32.0 Å². The van der Waals surface area contributed by atoms with E-state index in [1.807, 2.05) is 0 Å². The molecular weight excluding hydrogens is 388 g/mol. The van der Waals surface area contributed by atoms with Crippen molar-refractivity contribution in [2.24, 2.45) is 5.92 Å². The lowest BCUT2D eigenvalue weighted by molar-refractivity contribution is -0.123. The summed E-state index contributed by atoms with van der Waals surface area (Å²) in [7, 11) is 0. The van der Waals surface area contributed by atoms with Crippen molar-refractivity contribution >= 4 is 0 Å². The second kappa shape index (κ2) is 9.46. The zero-order chi connectivity index (χ0) is 22.4. The highest BCUT2D eigenvalue weighted by Crippen LogP contribution is 2.45. The molecule has 1 heteroatoms. The van der Waals surface area contributed by atoms with Crippen LogP contribution >= 0.6 is 0 Å². The maximum Gasteiger partial charge on any atom is 0.144 e. The quantitative estimate of drug-likeness (QED) is 0.210. The monoisotopic (exact) mass is 419 g/mol. The Morgan fingerprint density at radius 2 is 0.906 bits per heavy atom. The molecule has 4 rings (SSSR count). The van der Waals surface area contributed by atoms with Crippen LogP contribution in [-0.4, -0.2) is 5.60 Å². The highest BCUT2D eigenvalue weighted by Gasteiger charge is 2.44. The molecule has 0 saturated carbocycles. The van der Waals surface area contributed by atoms with Crippen LogP contribution < -0.4 is 0 Å². The summed E-state index contributed by atoms with van der Waals surface area (Å²) in [6.07, 6.45) is 2.30. The summed E-state index contributed by atoms with van der Waals surface area (Å²) in [5.41, 5.74) is 3.40. The molecule has 0 radical (unpaired) electrons. The molecule has 0 heterocycles. The SMILES string of the molecule is CC([CH+]c1ccccc1)C(C)(C)OC(c1ccccc1)(c1ccccc1)c1ccccc1. The number of rotatable bonds is 8. The molecule has 1 atom stereocenters. The molecule has 1 nitrogen and oxygen atoms in total. The summed E-state index contributed by atoms with van der Waals surface area (Å²) in [4.78, 5) is 0. The number of ether oxygens (including phenoxy) is 1. The molecule has 4 aromatic carbocycles. The average Bonchev–Trinajstić information content (AvgIpc) is 2.85. The van der Waals surface area contributed by atoms with E-state index < -0.39 is 11.2 Å². The molecule has 0 fully saturated rings. The van der Waals surface area contributed by atoms with Gasteiger partial charge in [0.05, 0.1) is 5.60 Å². The second-order valence-electron chi connectivity index (χ2n) is 8.85. The normalized spacial score (nSPS) is 12.8. The van der Waals surface area contributed by atoms with Gasteiger partial charge in [0.25, 0.3) is 0 Å². The smallest absolute Gasteiger partial charge is 0.144 e. The molecule has 0 aliphatic carbocycles. The molecule has 1 unspecified atom stereocenters. The van der Waals surface area contributed by atoms with Gasteiger partial charge >= 0.3 is 0 Å². The second-order valence-corrected chi connectivity index (χ2v) is 8.85. The van der Waals surface area contributed by atoms with Crippen LogP contribution in [0, 0.1) is 12.3 Å². The van der Waals surface area contributed by atoms with Crippen LogP contribution in [-0.2, 0) is 10.3 Å². The van der Waals surface area contributed by atoms with E-state index in [2.05, 4.69) is 149 Å². The van der Waals surface area contributed by atoms with Crippen molar-refractivity contribution in [2.75, 3.05) is 0 Å². The Balaban J connectivity index is 1.84.